The van der Waals surface area contributed by atoms with Gasteiger partial charge in [-0.25, -0.2) is 4.79 Å². The number of carbonyl (C=O) groups excluding carboxylic acids is 2. The number of rotatable bonds is 0. The van der Waals surface area contributed by atoms with Crippen LogP contribution in [0.1, 0.15) is 79.6 Å². The van der Waals surface area contributed by atoms with E-state index in [-0.39, 0.29) is 37.6 Å². The summed E-state index contributed by atoms with van der Waals surface area (Å²) < 4.78 is 11.0. The van der Waals surface area contributed by atoms with Crippen LogP contribution in [0.4, 0.5) is 0 Å². The molecule has 0 aromatic heterocycles. The molecule has 0 amide bonds. The van der Waals surface area contributed by atoms with E-state index >= 15 is 0 Å². The molecule has 0 aliphatic carbocycles. The predicted octanol–water partition coefficient (Wildman–Crippen LogP) is 3.97. The molecule has 226 valence electrons. The van der Waals surface area contributed by atoms with Gasteiger partial charge in [0.05, 0.1) is 24.4 Å². The van der Waals surface area contributed by atoms with Crippen LogP contribution in [-0.2, 0) is 19.1 Å². The molecule has 0 aromatic carbocycles. The van der Waals surface area contributed by atoms with Gasteiger partial charge >= 0.3 is 5.97 Å². The van der Waals surface area contributed by atoms with Gasteiger partial charge < -0.3 is 29.9 Å². The lowest BCUT2D eigenvalue weighted by Gasteiger charge is -2.26. The van der Waals surface area contributed by atoms with Gasteiger partial charge in [-0.2, -0.15) is 0 Å². The first-order chi connectivity index (χ1) is 18.8. The number of epoxide rings is 1. The summed E-state index contributed by atoms with van der Waals surface area (Å²) in [7, 11) is 0. The van der Waals surface area contributed by atoms with E-state index in [1.165, 1.54) is 0 Å². The third-order valence-corrected chi connectivity index (χ3v) is 7.86. The van der Waals surface area contributed by atoms with Gasteiger partial charge in [-0.15, -0.1) is 0 Å². The van der Waals surface area contributed by atoms with Crippen LogP contribution in [0, 0.1) is 17.8 Å². The smallest absolute Gasteiger partial charge is 0.333 e. The van der Waals surface area contributed by atoms with Crippen molar-refractivity contribution in [3.8, 4) is 0 Å². The van der Waals surface area contributed by atoms with E-state index in [1.807, 2.05) is 19.9 Å². The van der Waals surface area contributed by atoms with Crippen molar-refractivity contribution in [1.29, 1.82) is 0 Å². The van der Waals surface area contributed by atoms with Crippen LogP contribution in [0.3, 0.4) is 0 Å². The average Bonchev–Trinajstić information content (AvgIpc) is 3.61. The Kier molecular flexibility index (Phi) is 14.0. The maximum atomic E-state index is 12.6. The van der Waals surface area contributed by atoms with Crippen molar-refractivity contribution < 1.29 is 39.5 Å². The molecule has 4 N–H and O–H groups in total. The zero-order valence-electron chi connectivity index (χ0n) is 24.8. The Morgan fingerprint density at radius 3 is 2.33 bits per heavy atom. The summed E-state index contributed by atoms with van der Waals surface area (Å²) >= 11 is 0. The number of hydrogen-bond acceptors (Lipinski definition) is 8. The second-order valence-corrected chi connectivity index (χ2v) is 12.0. The summed E-state index contributed by atoms with van der Waals surface area (Å²) in [5.41, 5.74) is 2.50. The zero-order valence-corrected chi connectivity index (χ0v) is 24.8. The minimum Gasteiger partial charge on any atom is -0.460 e. The minimum absolute atomic E-state index is 0.00393. The van der Waals surface area contributed by atoms with E-state index in [2.05, 4.69) is 25.7 Å². The summed E-state index contributed by atoms with van der Waals surface area (Å²) in [6, 6.07) is 0. The summed E-state index contributed by atoms with van der Waals surface area (Å²) in [5, 5.41) is 41.7. The van der Waals surface area contributed by atoms with Crippen molar-refractivity contribution in [2.45, 2.75) is 116 Å². The number of hydrogen-bond donors (Lipinski definition) is 4. The van der Waals surface area contributed by atoms with E-state index < -0.39 is 42.1 Å². The van der Waals surface area contributed by atoms with Crippen molar-refractivity contribution in [3.63, 3.8) is 0 Å². The van der Waals surface area contributed by atoms with Crippen LogP contribution in [-0.4, -0.2) is 75.4 Å². The van der Waals surface area contributed by atoms with Gasteiger partial charge in [0.25, 0.3) is 0 Å². The van der Waals surface area contributed by atoms with Crippen molar-refractivity contribution in [2.75, 3.05) is 6.61 Å². The number of esters is 1. The topological polar surface area (TPSA) is 137 Å². The molecule has 0 bridgehead atoms. The molecule has 0 spiro atoms. The molecule has 2 rings (SSSR count). The standard InChI is InChI=1S/C32H50O8/c1-19-12-20(2)14-29-28(40-29)11-9-7-8-10-21(3)32(38)39-18-26(34)16-24(6)30(36)31(37)27(35)17-25(33)15-23(5)22(4)13-19/h9-11,13,20,23-26,28-31,33-34,36-37H,1,7-8,12,14-18H2,2-6H3/b11-9+,21-10+,22-13+/t20-,23-,24-,25-,26-,28-,29+,30+,31+/m1/s1. The fraction of sp³-hybridized carbons (Fsp3) is 0.688. The van der Waals surface area contributed by atoms with E-state index in [0.29, 0.717) is 24.3 Å². The molecule has 8 heteroatoms. The van der Waals surface area contributed by atoms with Crippen molar-refractivity contribution in [3.05, 3.63) is 47.6 Å². The molecule has 1 fully saturated rings. The summed E-state index contributed by atoms with van der Waals surface area (Å²) in [5.74, 6) is -1.45. The maximum Gasteiger partial charge on any atom is 0.333 e. The summed E-state index contributed by atoms with van der Waals surface area (Å²) in [4.78, 5) is 24.8. The number of Topliss-reactive ketones (excluding diaryl/α,β-unsaturated/α-hetero) is 1. The molecular weight excluding hydrogens is 512 g/mol. The first kappa shape index (κ1) is 34.1. The monoisotopic (exact) mass is 562 g/mol. The molecule has 2 heterocycles. The van der Waals surface area contributed by atoms with Crippen LogP contribution in [0.5, 0.6) is 0 Å². The zero-order chi connectivity index (χ0) is 30.0. The van der Waals surface area contributed by atoms with Crippen LogP contribution >= 0.6 is 0 Å². The number of aliphatic hydroxyl groups is 4. The Morgan fingerprint density at radius 1 is 0.925 bits per heavy atom. The van der Waals surface area contributed by atoms with Crippen molar-refractivity contribution >= 4 is 11.8 Å². The SMILES string of the molecule is C=C1/C=C(\C)[C@H](C)C[C@@H](O)CC(=O)[C@H](O)[C@@H](O)[C@H](C)C[C@@H](O)COC(=O)/C(C)=C/CC/C=C/[C@H]2O[C@H]2C[C@H](C)C1. The second kappa shape index (κ2) is 16.4. The number of allylic oxidation sites excluding steroid dienone is 5. The molecule has 0 aromatic rings. The molecule has 0 unspecified atom stereocenters. The molecule has 0 saturated carbocycles. The lowest BCUT2D eigenvalue weighted by atomic mass is 9.88. The molecule has 2 aliphatic rings. The lowest BCUT2D eigenvalue weighted by Crippen LogP contribution is -2.41. The lowest BCUT2D eigenvalue weighted by molar-refractivity contribution is -0.143. The average molecular weight is 563 g/mol. The van der Waals surface area contributed by atoms with Crippen LogP contribution in [0.15, 0.2) is 47.6 Å². The highest BCUT2D eigenvalue weighted by Gasteiger charge is 2.37. The Hall–Kier alpha value is -2.10. The number of aliphatic hydroxyl groups excluding tert-OH is 4. The van der Waals surface area contributed by atoms with Gasteiger partial charge in [-0.1, -0.05) is 62.8 Å². The molecule has 9 atom stereocenters. The number of fused-ring (bicyclic) bond motifs is 1. The van der Waals surface area contributed by atoms with Gasteiger partial charge in [-0.05, 0) is 70.1 Å². The summed E-state index contributed by atoms with van der Waals surface area (Å²) in [6.45, 7) is 13.3. The van der Waals surface area contributed by atoms with Crippen LogP contribution < -0.4 is 0 Å². The quantitative estimate of drug-likeness (QED) is 0.198. The number of ether oxygens (including phenoxy) is 2. The fourth-order valence-corrected chi connectivity index (χ4v) is 5.13. The van der Waals surface area contributed by atoms with Crippen molar-refractivity contribution in [2.24, 2.45) is 17.8 Å². The van der Waals surface area contributed by atoms with Gasteiger partial charge in [0.2, 0.25) is 0 Å². The normalized spacial score (nSPS) is 40.4. The highest BCUT2D eigenvalue weighted by atomic mass is 16.6. The Bertz CT molecular complexity index is 951. The molecule has 8 nitrogen and oxygen atoms in total. The molecule has 1 saturated heterocycles. The van der Waals surface area contributed by atoms with Gasteiger partial charge in [0.1, 0.15) is 18.8 Å². The van der Waals surface area contributed by atoms with Gasteiger partial charge in [-0.3, -0.25) is 4.79 Å². The third-order valence-electron chi connectivity index (χ3n) is 7.86. The highest BCUT2D eigenvalue weighted by Crippen LogP contribution is 2.32. The molecule has 0 radical (unpaired) electrons. The fourth-order valence-electron chi connectivity index (χ4n) is 5.13. The summed E-state index contributed by atoms with van der Waals surface area (Å²) in [6.07, 6.45) is 6.39. The van der Waals surface area contributed by atoms with E-state index in [0.717, 1.165) is 30.4 Å². The maximum absolute atomic E-state index is 12.6. The number of ketones is 1. The molecule has 2 aliphatic heterocycles. The first-order valence-electron chi connectivity index (χ1n) is 14.5. The Morgan fingerprint density at radius 2 is 1.62 bits per heavy atom. The van der Waals surface area contributed by atoms with Crippen molar-refractivity contribution in [1.82, 2.24) is 0 Å². The minimum atomic E-state index is -1.69. The Labute approximate surface area is 239 Å². The third kappa shape index (κ3) is 11.8. The van der Waals surface area contributed by atoms with E-state index in [9.17, 15) is 30.0 Å². The Balaban J connectivity index is 2.08. The number of carbonyl (C=O) groups is 2. The number of cyclic esters (lactones) is 1. The predicted molar refractivity (Wildman–Crippen MR) is 154 cm³/mol. The van der Waals surface area contributed by atoms with E-state index in [1.54, 1.807) is 19.9 Å². The molecular formula is C32H50O8. The largest absolute Gasteiger partial charge is 0.460 e. The highest BCUT2D eigenvalue weighted by molar-refractivity contribution is 5.87. The van der Waals surface area contributed by atoms with Gasteiger partial charge in [0, 0.05) is 12.0 Å². The second-order valence-electron chi connectivity index (χ2n) is 12.0. The molecule has 40 heavy (non-hydrogen) atoms. The van der Waals surface area contributed by atoms with E-state index in [4.69, 9.17) is 9.47 Å². The van der Waals surface area contributed by atoms with Gasteiger partial charge in [0.15, 0.2) is 5.78 Å². The first-order valence-corrected chi connectivity index (χ1v) is 14.5. The van der Waals surface area contributed by atoms with Crippen LogP contribution in [0.25, 0.3) is 0 Å². The van der Waals surface area contributed by atoms with Crippen LogP contribution in [0.2, 0.25) is 0 Å².